The van der Waals surface area contributed by atoms with Crippen LogP contribution in [0.1, 0.15) is 12.8 Å². The van der Waals surface area contributed by atoms with Crippen molar-refractivity contribution >= 4 is 34.8 Å². The summed E-state index contributed by atoms with van der Waals surface area (Å²) >= 11 is 12.1. The van der Waals surface area contributed by atoms with E-state index in [0.717, 1.165) is 19.4 Å². The minimum Gasteiger partial charge on any atom is -0.333 e. The van der Waals surface area contributed by atoms with E-state index in [0.29, 0.717) is 21.7 Å². The third kappa shape index (κ3) is 4.88. The Bertz CT molecular complexity index is 585. The highest BCUT2D eigenvalue weighted by Crippen LogP contribution is 2.26. The predicted molar refractivity (Wildman–Crippen MR) is 94.5 cm³/mol. The largest absolute Gasteiger partial charge is 0.333 e. The summed E-state index contributed by atoms with van der Waals surface area (Å²) in [6, 6.07) is 5.22. The standard InChI is InChI=1S/C15H21Cl2N5/c1-22(2)9-3-6-15(18)7-8-19-14(21-15)20-13-10-11(16)4-5-12(13)17/h4-5,7-8,10H,3,6,9,18H2,1-2H3,(H2,19,20,21). The van der Waals surface area contributed by atoms with Crippen LogP contribution in [0.5, 0.6) is 0 Å². The van der Waals surface area contributed by atoms with Gasteiger partial charge in [-0.1, -0.05) is 23.2 Å². The summed E-state index contributed by atoms with van der Waals surface area (Å²) in [7, 11) is 4.08. The van der Waals surface area contributed by atoms with Gasteiger partial charge in [-0.3, -0.25) is 0 Å². The van der Waals surface area contributed by atoms with Crippen molar-refractivity contribution in [3.8, 4) is 0 Å². The molecule has 0 saturated heterocycles. The van der Waals surface area contributed by atoms with Crippen molar-refractivity contribution in [2.45, 2.75) is 18.5 Å². The van der Waals surface area contributed by atoms with Gasteiger partial charge in [0.05, 0.1) is 10.7 Å². The van der Waals surface area contributed by atoms with Gasteiger partial charge in [-0.15, -0.1) is 0 Å². The van der Waals surface area contributed by atoms with Crippen LogP contribution in [0.15, 0.2) is 35.5 Å². The average Bonchev–Trinajstić information content (AvgIpc) is 2.42. The zero-order valence-electron chi connectivity index (χ0n) is 12.7. The second-order valence-electron chi connectivity index (χ2n) is 5.59. The number of benzene rings is 1. The Morgan fingerprint density at radius 3 is 2.86 bits per heavy atom. The molecule has 0 radical (unpaired) electrons. The van der Waals surface area contributed by atoms with E-state index in [1.54, 1.807) is 24.4 Å². The molecule has 0 saturated carbocycles. The molecule has 0 spiro atoms. The lowest BCUT2D eigenvalue weighted by Gasteiger charge is -2.27. The van der Waals surface area contributed by atoms with E-state index in [-0.39, 0.29) is 0 Å². The summed E-state index contributed by atoms with van der Waals surface area (Å²) in [4.78, 5) is 6.67. The van der Waals surface area contributed by atoms with Crippen LogP contribution in [-0.2, 0) is 0 Å². The Morgan fingerprint density at radius 2 is 2.14 bits per heavy atom. The van der Waals surface area contributed by atoms with Crippen molar-refractivity contribution in [3.05, 3.63) is 40.5 Å². The quantitative estimate of drug-likeness (QED) is 0.770. The zero-order valence-corrected chi connectivity index (χ0v) is 14.2. The van der Waals surface area contributed by atoms with Crippen LogP contribution in [0, 0.1) is 0 Å². The second kappa shape index (κ2) is 7.33. The third-order valence-electron chi connectivity index (χ3n) is 3.28. The van der Waals surface area contributed by atoms with Gasteiger partial charge >= 0.3 is 0 Å². The molecule has 2 rings (SSSR count). The molecule has 0 fully saturated rings. The first kappa shape index (κ1) is 17.1. The number of anilines is 1. The normalized spacial score (nSPS) is 20.7. The van der Waals surface area contributed by atoms with Crippen molar-refractivity contribution in [3.63, 3.8) is 0 Å². The number of halogens is 2. The topological polar surface area (TPSA) is 65.7 Å². The number of guanidine groups is 1. The Kier molecular flexibility index (Phi) is 5.69. The molecule has 1 atom stereocenters. The second-order valence-corrected chi connectivity index (χ2v) is 6.43. The lowest BCUT2D eigenvalue weighted by Crippen LogP contribution is -2.44. The van der Waals surface area contributed by atoms with E-state index in [1.165, 1.54) is 0 Å². The van der Waals surface area contributed by atoms with E-state index >= 15 is 0 Å². The van der Waals surface area contributed by atoms with Gasteiger partial charge in [0.2, 0.25) is 5.96 Å². The molecule has 0 bridgehead atoms. The van der Waals surface area contributed by atoms with Crippen molar-refractivity contribution in [2.75, 3.05) is 26.0 Å². The Morgan fingerprint density at radius 1 is 1.36 bits per heavy atom. The molecule has 120 valence electrons. The highest BCUT2D eigenvalue weighted by Gasteiger charge is 2.24. The van der Waals surface area contributed by atoms with Crippen LogP contribution < -0.4 is 16.4 Å². The SMILES string of the molecule is CN(C)CCCC1(N)C=CNC(Nc2cc(Cl)ccc2Cl)=N1. The van der Waals surface area contributed by atoms with Crippen LogP contribution >= 0.6 is 23.2 Å². The summed E-state index contributed by atoms with van der Waals surface area (Å²) in [6.45, 7) is 0.971. The summed E-state index contributed by atoms with van der Waals surface area (Å²) in [5, 5.41) is 7.33. The van der Waals surface area contributed by atoms with E-state index in [2.05, 4.69) is 20.5 Å². The van der Waals surface area contributed by atoms with Crippen LogP contribution in [0.4, 0.5) is 5.69 Å². The van der Waals surface area contributed by atoms with Gasteiger partial charge in [0, 0.05) is 11.2 Å². The van der Waals surface area contributed by atoms with Crippen molar-refractivity contribution in [1.29, 1.82) is 0 Å². The van der Waals surface area contributed by atoms with Gasteiger partial charge in [0.15, 0.2) is 0 Å². The first-order valence-corrected chi connectivity index (χ1v) is 7.83. The maximum Gasteiger partial charge on any atom is 0.202 e. The summed E-state index contributed by atoms with van der Waals surface area (Å²) in [5.74, 6) is 0.555. The number of nitrogens with one attached hydrogen (secondary N) is 2. The molecule has 0 aliphatic carbocycles. The molecule has 5 nitrogen and oxygen atoms in total. The zero-order chi connectivity index (χ0) is 16.2. The molecule has 1 aromatic carbocycles. The molecule has 0 amide bonds. The average molecular weight is 342 g/mol. The Hall–Kier alpha value is -1.27. The molecule has 1 heterocycles. The predicted octanol–water partition coefficient (Wildman–Crippen LogP) is 2.88. The first-order valence-electron chi connectivity index (χ1n) is 7.08. The molecule has 1 unspecified atom stereocenters. The highest BCUT2D eigenvalue weighted by atomic mass is 35.5. The van der Waals surface area contributed by atoms with E-state index in [9.17, 15) is 0 Å². The van der Waals surface area contributed by atoms with Crippen molar-refractivity contribution in [1.82, 2.24) is 10.2 Å². The van der Waals surface area contributed by atoms with E-state index < -0.39 is 5.66 Å². The molecule has 1 aliphatic heterocycles. The Labute approximate surface area is 141 Å². The lowest BCUT2D eigenvalue weighted by atomic mass is 10.0. The molecular weight excluding hydrogens is 321 g/mol. The molecule has 22 heavy (non-hydrogen) atoms. The molecule has 4 N–H and O–H groups in total. The van der Waals surface area contributed by atoms with Crippen LogP contribution in [0.2, 0.25) is 10.0 Å². The number of hydrogen-bond acceptors (Lipinski definition) is 5. The number of nitrogens with two attached hydrogens (primary N) is 1. The smallest absolute Gasteiger partial charge is 0.202 e. The molecule has 1 aromatic rings. The van der Waals surface area contributed by atoms with Gasteiger partial charge in [-0.2, -0.15) is 0 Å². The van der Waals surface area contributed by atoms with Crippen molar-refractivity contribution < 1.29 is 0 Å². The van der Waals surface area contributed by atoms with Gasteiger partial charge in [0.25, 0.3) is 0 Å². The van der Waals surface area contributed by atoms with Gasteiger partial charge in [0.1, 0.15) is 5.66 Å². The maximum absolute atomic E-state index is 6.33. The first-order chi connectivity index (χ1) is 10.4. The summed E-state index contributed by atoms with van der Waals surface area (Å²) in [6.07, 6.45) is 5.39. The third-order valence-corrected chi connectivity index (χ3v) is 3.84. The monoisotopic (exact) mass is 341 g/mol. The number of nitrogens with zero attached hydrogens (tertiary/aromatic N) is 2. The van der Waals surface area contributed by atoms with Crippen LogP contribution in [0.25, 0.3) is 0 Å². The lowest BCUT2D eigenvalue weighted by molar-refractivity contribution is 0.367. The number of hydrogen-bond donors (Lipinski definition) is 3. The minimum atomic E-state index is -0.714. The Balaban J connectivity index is 2.06. The van der Waals surface area contributed by atoms with E-state index in [4.69, 9.17) is 28.9 Å². The fourth-order valence-corrected chi connectivity index (χ4v) is 2.48. The summed E-state index contributed by atoms with van der Waals surface area (Å²) < 4.78 is 0. The van der Waals surface area contributed by atoms with Crippen LogP contribution in [-0.4, -0.2) is 37.2 Å². The van der Waals surface area contributed by atoms with E-state index in [1.807, 2.05) is 20.2 Å². The fourth-order valence-electron chi connectivity index (χ4n) is 2.15. The van der Waals surface area contributed by atoms with Gasteiger partial charge in [-0.25, -0.2) is 4.99 Å². The number of rotatable bonds is 5. The minimum absolute atomic E-state index is 0.555. The van der Waals surface area contributed by atoms with Gasteiger partial charge < -0.3 is 21.3 Å². The van der Waals surface area contributed by atoms with Crippen molar-refractivity contribution in [2.24, 2.45) is 10.7 Å². The summed E-state index contributed by atoms with van der Waals surface area (Å²) in [5.41, 5.74) is 6.30. The fraction of sp³-hybridized carbons (Fsp3) is 0.400. The van der Waals surface area contributed by atoms with Gasteiger partial charge in [-0.05, 0) is 57.8 Å². The highest BCUT2D eigenvalue weighted by molar-refractivity contribution is 6.35. The van der Waals surface area contributed by atoms with Crippen LogP contribution in [0.3, 0.4) is 0 Å². The molecule has 1 aliphatic rings. The maximum atomic E-state index is 6.33. The number of aliphatic imine (C=N–C) groups is 1. The molecule has 0 aromatic heterocycles. The molecule has 7 heteroatoms. The molecular formula is C15H21Cl2N5.